The Morgan fingerprint density at radius 1 is 1.16 bits per heavy atom. The number of carbonyl (C=O) groups excluding carboxylic acids is 1. The number of halogens is 1. The van der Waals surface area contributed by atoms with Gasteiger partial charge in [-0.15, -0.1) is 0 Å². The van der Waals surface area contributed by atoms with Gasteiger partial charge in [0.25, 0.3) is 0 Å². The van der Waals surface area contributed by atoms with Crippen LogP contribution in [0.25, 0.3) is 22.4 Å². The van der Waals surface area contributed by atoms with E-state index in [1.165, 1.54) is 0 Å². The van der Waals surface area contributed by atoms with Crippen LogP contribution < -0.4 is 15.2 Å². The van der Waals surface area contributed by atoms with E-state index < -0.39 is 6.08 Å². The molecule has 6 rings (SSSR count). The lowest BCUT2D eigenvalue weighted by Crippen LogP contribution is -2.37. The van der Waals surface area contributed by atoms with Crippen LogP contribution in [0.15, 0.2) is 24.4 Å². The molecule has 5 heterocycles. The minimum Gasteiger partial charge on any atom is -0.486 e. The maximum atomic E-state index is 14.2. The Morgan fingerprint density at radius 2 is 1.92 bits per heavy atom. The van der Waals surface area contributed by atoms with E-state index in [-0.39, 0.29) is 11.7 Å². The molecule has 1 amide bonds. The second-order valence-electron chi connectivity index (χ2n) is 9.76. The van der Waals surface area contributed by atoms with Crippen LogP contribution in [-0.2, 0) is 17.8 Å². The largest absolute Gasteiger partial charge is 0.486 e. The molecule has 1 fully saturated rings. The van der Waals surface area contributed by atoms with Gasteiger partial charge in [-0.05, 0) is 48.9 Å². The SMILES string of the molecule is CC(=O)N1CCC(CCn2c(Cc3cc4c(cc3-c3cc[nH]n3)OCCO4)nc3c(N)nc(F)nc32)CC1. The van der Waals surface area contributed by atoms with Gasteiger partial charge in [-0.1, -0.05) is 0 Å². The van der Waals surface area contributed by atoms with Gasteiger partial charge in [-0.25, -0.2) is 4.98 Å². The van der Waals surface area contributed by atoms with Crippen molar-refractivity contribution >= 4 is 22.9 Å². The molecule has 3 N–H and O–H groups in total. The van der Waals surface area contributed by atoms with Gasteiger partial charge in [0.15, 0.2) is 28.5 Å². The highest BCUT2D eigenvalue weighted by Crippen LogP contribution is 2.38. The number of carbonyl (C=O) groups is 1. The molecular weight excluding hydrogens is 491 g/mol. The van der Waals surface area contributed by atoms with Crippen LogP contribution in [0.2, 0.25) is 0 Å². The van der Waals surface area contributed by atoms with E-state index in [1.54, 1.807) is 13.1 Å². The van der Waals surface area contributed by atoms with Crippen molar-refractivity contribution in [2.24, 2.45) is 5.92 Å². The van der Waals surface area contributed by atoms with Crippen molar-refractivity contribution in [3.05, 3.63) is 41.9 Å². The lowest BCUT2D eigenvalue weighted by Gasteiger charge is -2.31. The van der Waals surface area contributed by atoms with Crippen LogP contribution in [0.3, 0.4) is 0 Å². The molecule has 12 heteroatoms. The van der Waals surface area contributed by atoms with Crippen molar-refractivity contribution in [2.45, 2.75) is 39.2 Å². The Bertz CT molecular complexity index is 1480. The molecule has 198 valence electrons. The first-order valence-electron chi connectivity index (χ1n) is 12.8. The number of nitrogen functional groups attached to an aromatic ring is 1. The number of aromatic amines is 1. The predicted octanol–water partition coefficient (Wildman–Crippen LogP) is 2.95. The number of likely N-dealkylation sites (tertiary alicyclic amines) is 1. The summed E-state index contributed by atoms with van der Waals surface area (Å²) in [7, 11) is 0. The van der Waals surface area contributed by atoms with Gasteiger partial charge in [0.05, 0.1) is 5.69 Å². The van der Waals surface area contributed by atoms with Crippen molar-refractivity contribution in [1.29, 1.82) is 0 Å². The summed E-state index contributed by atoms with van der Waals surface area (Å²) in [5.41, 5.74) is 9.40. The van der Waals surface area contributed by atoms with Crippen molar-refractivity contribution in [2.75, 3.05) is 32.0 Å². The molecule has 3 aromatic heterocycles. The van der Waals surface area contributed by atoms with Gasteiger partial charge >= 0.3 is 6.08 Å². The zero-order chi connectivity index (χ0) is 26.2. The standard InChI is InChI=1S/C26H29FN8O3/c1-15(36)34-7-3-16(4-8-34)5-9-35-22(30-23-24(28)31-26(27)32-25(23)35)13-17-12-20-21(38-11-10-37-20)14-18(17)19-2-6-29-33-19/h2,6,12,14,16H,3-5,7-11,13H2,1H3,(H,29,33)(H2,28,31,32). The van der Waals surface area contributed by atoms with E-state index in [0.29, 0.717) is 60.6 Å². The number of hydrogen-bond acceptors (Lipinski definition) is 8. The summed E-state index contributed by atoms with van der Waals surface area (Å²) in [6.45, 7) is 4.67. The van der Waals surface area contributed by atoms with Crippen molar-refractivity contribution in [1.82, 2.24) is 34.6 Å². The normalized spacial score (nSPS) is 15.8. The fourth-order valence-electron chi connectivity index (χ4n) is 5.35. The van der Waals surface area contributed by atoms with Gasteiger partial charge in [-0.2, -0.15) is 19.5 Å². The minimum absolute atomic E-state index is 0.0111. The second-order valence-corrected chi connectivity index (χ2v) is 9.76. The fourth-order valence-corrected chi connectivity index (χ4v) is 5.35. The molecule has 0 unspecified atom stereocenters. The molecule has 11 nitrogen and oxygen atoms in total. The van der Waals surface area contributed by atoms with Gasteiger partial charge in [0.2, 0.25) is 5.91 Å². The first kappa shape index (κ1) is 24.1. The third kappa shape index (κ3) is 4.61. The Morgan fingerprint density at radius 3 is 2.63 bits per heavy atom. The van der Waals surface area contributed by atoms with Crippen LogP contribution in [0.5, 0.6) is 11.5 Å². The molecular formula is C26H29FN8O3. The number of aryl methyl sites for hydroxylation is 1. The minimum atomic E-state index is -0.881. The molecule has 0 aliphatic carbocycles. The molecule has 0 radical (unpaired) electrons. The highest BCUT2D eigenvalue weighted by molar-refractivity contribution is 5.82. The molecule has 0 spiro atoms. The number of piperidine rings is 1. The molecule has 0 atom stereocenters. The summed E-state index contributed by atoms with van der Waals surface area (Å²) in [4.78, 5) is 26.1. The zero-order valence-electron chi connectivity index (χ0n) is 21.1. The first-order chi connectivity index (χ1) is 18.5. The number of nitrogens with zero attached hydrogens (tertiary/aromatic N) is 6. The average molecular weight is 521 g/mol. The second kappa shape index (κ2) is 9.92. The lowest BCUT2D eigenvalue weighted by molar-refractivity contribution is -0.130. The number of benzene rings is 1. The van der Waals surface area contributed by atoms with Gasteiger partial charge in [0, 0.05) is 44.7 Å². The molecule has 4 aromatic rings. The number of ether oxygens (including phenoxy) is 2. The maximum Gasteiger partial charge on any atom is 0.312 e. The maximum absolute atomic E-state index is 14.2. The van der Waals surface area contributed by atoms with Crippen LogP contribution in [0, 0.1) is 12.0 Å². The third-order valence-corrected chi connectivity index (χ3v) is 7.39. The Balaban J connectivity index is 1.35. The smallest absolute Gasteiger partial charge is 0.312 e. The highest BCUT2D eigenvalue weighted by atomic mass is 19.1. The number of fused-ring (bicyclic) bond motifs is 2. The fraction of sp³-hybridized carbons (Fsp3) is 0.423. The van der Waals surface area contributed by atoms with Crippen molar-refractivity contribution in [3.8, 4) is 22.8 Å². The predicted molar refractivity (Wildman–Crippen MR) is 137 cm³/mol. The number of imidazole rings is 1. The number of rotatable bonds is 6. The van der Waals surface area contributed by atoms with Gasteiger partial charge in [0.1, 0.15) is 19.0 Å². The van der Waals surface area contributed by atoms with E-state index in [9.17, 15) is 9.18 Å². The summed E-state index contributed by atoms with van der Waals surface area (Å²) in [6.07, 6.45) is 4.01. The Kier molecular flexibility index (Phi) is 6.30. The number of hydrogen-bond donors (Lipinski definition) is 2. The number of anilines is 1. The third-order valence-electron chi connectivity index (χ3n) is 7.39. The van der Waals surface area contributed by atoms with Crippen LogP contribution in [0.4, 0.5) is 10.2 Å². The van der Waals surface area contributed by atoms with Crippen LogP contribution in [0.1, 0.15) is 37.6 Å². The number of H-pyrrole nitrogens is 1. The molecule has 1 saturated heterocycles. The zero-order valence-corrected chi connectivity index (χ0v) is 21.1. The van der Waals surface area contributed by atoms with Gasteiger partial charge in [-0.3, -0.25) is 9.89 Å². The summed E-state index contributed by atoms with van der Waals surface area (Å²) in [5, 5.41) is 7.24. The van der Waals surface area contributed by atoms with Crippen LogP contribution in [-0.4, -0.2) is 66.8 Å². The molecule has 38 heavy (non-hydrogen) atoms. The summed E-state index contributed by atoms with van der Waals surface area (Å²) in [5.74, 6) is 2.59. The van der Waals surface area contributed by atoms with E-state index in [4.69, 9.17) is 20.2 Å². The highest BCUT2D eigenvalue weighted by Gasteiger charge is 2.24. The summed E-state index contributed by atoms with van der Waals surface area (Å²) < 4.78 is 27.8. The number of nitrogens with one attached hydrogen (secondary N) is 1. The topological polar surface area (TPSA) is 137 Å². The number of amides is 1. The quantitative estimate of drug-likeness (QED) is 0.370. The van der Waals surface area contributed by atoms with E-state index in [2.05, 4.69) is 20.2 Å². The molecule has 2 aliphatic heterocycles. The Hall–Kier alpha value is -4.22. The van der Waals surface area contributed by atoms with Crippen molar-refractivity contribution in [3.63, 3.8) is 0 Å². The number of aromatic nitrogens is 6. The molecule has 2 aliphatic rings. The molecule has 0 bridgehead atoms. The summed E-state index contributed by atoms with van der Waals surface area (Å²) >= 11 is 0. The van der Waals surface area contributed by atoms with E-state index in [0.717, 1.165) is 49.2 Å². The van der Waals surface area contributed by atoms with Gasteiger partial charge < -0.3 is 24.7 Å². The Labute approximate surface area is 218 Å². The first-order valence-corrected chi connectivity index (χ1v) is 12.8. The summed E-state index contributed by atoms with van der Waals surface area (Å²) in [6, 6.07) is 5.78. The lowest BCUT2D eigenvalue weighted by atomic mass is 9.93. The monoisotopic (exact) mass is 520 g/mol. The van der Waals surface area contributed by atoms with Crippen molar-refractivity contribution < 1.29 is 18.7 Å². The van der Waals surface area contributed by atoms with Crippen LogP contribution >= 0.6 is 0 Å². The average Bonchev–Trinajstić information content (AvgIpc) is 3.56. The van der Waals surface area contributed by atoms with E-state index in [1.807, 2.05) is 27.7 Å². The molecule has 1 aromatic carbocycles. The molecule has 0 saturated carbocycles. The number of nitrogens with two attached hydrogens (primary N) is 1. The van der Waals surface area contributed by atoms with E-state index >= 15 is 0 Å².